The van der Waals surface area contributed by atoms with Gasteiger partial charge in [0.15, 0.2) is 0 Å². The van der Waals surface area contributed by atoms with Crippen LogP contribution in [0, 0.1) is 6.92 Å². The molecular formula is C13H19Br. The molecule has 0 nitrogen and oxygen atoms in total. The number of rotatable bonds is 3. The molecule has 1 aromatic rings. The highest BCUT2D eigenvalue weighted by molar-refractivity contribution is 9.09. The van der Waals surface area contributed by atoms with E-state index in [-0.39, 0.29) is 5.41 Å². The van der Waals surface area contributed by atoms with Crippen molar-refractivity contribution in [2.24, 2.45) is 0 Å². The van der Waals surface area contributed by atoms with Crippen molar-refractivity contribution in [1.29, 1.82) is 0 Å². The molecule has 0 amide bonds. The summed E-state index contributed by atoms with van der Waals surface area (Å²) < 4.78 is 0. The first kappa shape index (κ1) is 11.8. The van der Waals surface area contributed by atoms with Crippen LogP contribution in [0.1, 0.15) is 38.3 Å². The molecular weight excluding hydrogens is 236 g/mol. The van der Waals surface area contributed by atoms with E-state index in [0.29, 0.717) is 4.83 Å². The van der Waals surface area contributed by atoms with Crippen LogP contribution in [0.3, 0.4) is 0 Å². The normalized spacial score (nSPS) is 14.1. The highest BCUT2D eigenvalue weighted by Crippen LogP contribution is 2.30. The fraction of sp³-hybridized carbons (Fsp3) is 0.538. The maximum absolute atomic E-state index is 3.62. The molecule has 0 saturated heterocycles. The van der Waals surface area contributed by atoms with E-state index in [4.69, 9.17) is 0 Å². The minimum atomic E-state index is 0.261. The van der Waals surface area contributed by atoms with Crippen molar-refractivity contribution >= 4 is 15.9 Å². The van der Waals surface area contributed by atoms with Crippen LogP contribution in [0.15, 0.2) is 24.3 Å². The maximum Gasteiger partial charge on any atom is 0.0125 e. The van der Waals surface area contributed by atoms with E-state index in [1.54, 1.807) is 0 Å². The first-order valence-electron chi connectivity index (χ1n) is 5.13. The molecule has 0 aliphatic carbocycles. The second-order valence-electron chi connectivity index (χ2n) is 4.73. The van der Waals surface area contributed by atoms with Gasteiger partial charge in [0, 0.05) is 4.83 Å². The molecule has 0 N–H and O–H groups in total. The van der Waals surface area contributed by atoms with Crippen LogP contribution in [0.2, 0.25) is 0 Å². The second kappa shape index (κ2) is 4.48. The number of hydrogen-bond donors (Lipinski definition) is 0. The quantitative estimate of drug-likeness (QED) is 0.700. The molecule has 0 spiro atoms. The SMILES string of the molecule is Cc1ccc(C(C)(C)CC(C)Br)cc1. The molecule has 0 aliphatic rings. The zero-order valence-electron chi connectivity index (χ0n) is 9.47. The summed E-state index contributed by atoms with van der Waals surface area (Å²) in [7, 11) is 0. The van der Waals surface area contributed by atoms with Crippen LogP contribution in [0.25, 0.3) is 0 Å². The summed E-state index contributed by atoms with van der Waals surface area (Å²) >= 11 is 3.62. The lowest BCUT2D eigenvalue weighted by Crippen LogP contribution is -2.20. The molecule has 1 rings (SSSR count). The summed E-state index contributed by atoms with van der Waals surface area (Å²) in [5.74, 6) is 0. The second-order valence-corrected chi connectivity index (χ2v) is 6.30. The van der Waals surface area contributed by atoms with Crippen molar-refractivity contribution in [3.05, 3.63) is 35.4 Å². The van der Waals surface area contributed by atoms with Crippen molar-refractivity contribution < 1.29 is 0 Å². The summed E-state index contributed by atoms with van der Waals surface area (Å²) in [6, 6.07) is 8.86. The molecule has 0 heterocycles. The van der Waals surface area contributed by atoms with Gasteiger partial charge in [-0.05, 0) is 24.3 Å². The zero-order chi connectivity index (χ0) is 10.8. The van der Waals surface area contributed by atoms with Crippen molar-refractivity contribution in [1.82, 2.24) is 0 Å². The third kappa shape index (κ3) is 3.13. The summed E-state index contributed by atoms with van der Waals surface area (Å²) in [4.78, 5) is 0.568. The third-order valence-electron chi connectivity index (χ3n) is 2.62. The van der Waals surface area contributed by atoms with Gasteiger partial charge in [0.2, 0.25) is 0 Å². The monoisotopic (exact) mass is 254 g/mol. The van der Waals surface area contributed by atoms with E-state index in [0.717, 1.165) is 6.42 Å². The van der Waals surface area contributed by atoms with Gasteiger partial charge in [-0.25, -0.2) is 0 Å². The third-order valence-corrected chi connectivity index (χ3v) is 2.95. The van der Waals surface area contributed by atoms with Crippen LogP contribution < -0.4 is 0 Å². The van der Waals surface area contributed by atoms with Crippen LogP contribution >= 0.6 is 15.9 Å². The average molecular weight is 255 g/mol. The largest absolute Gasteiger partial charge is 0.0893 e. The van der Waals surface area contributed by atoms with Gasteiger partial charge in [-0.3, -0.25) is 0 Å². The minimum Gasteiger partial charge on any atom is -0.0893 e. The van der Waals surface area contributed by atoms with E-state index in [1.165, 1.54) is 11.1 Å². The predicted molar refractivity (Wildman–Crippen MR) is 67.2 cm³/mol. The van der Waals surface area contributed by atoms with Gasteiger partial charge < -0.3 is 0 Å². The Kier molecular flexibility index (Phi) is 3.77. The number of alkyl halides is 1. The fourth-order valence-corrected chi connectivity index (χ4v) is 2.64. The average Bonchev–Trinajstić information content (AvgIpc) is 2.02. The molecule has 1 aromatic carbocycles. The molecule has 0 aromatic heterocycles. The van der Waals surface area contributed by atoms with Gasteiger partial charge >= 0.3 is 0 Å². The smallest absolute Gasteiger partial charge is 0.0125 e. The topological polar surface area (TPSA) is 0 Å². The standard InChI is InChI=1S/C13H19Br/c1-10-5-7-12(8-6-10)13(3,4)9-11(2)14/h5-8,11H,9H2,1-4H3. The molecule has 0 aliphatic heterocycles. The lowest BCUT2D eigenvalue weighted by atomic mass is 9.80. The first-order valence-corrected chi connectivity index (χ1v) is 6.04. The Morgan fingerprint density at radius 1 is 1.21 bits per heavy atom. The molecule has 0 radical (unpaired) electrons. The fourth-order valence-electron chi connectivity index (χ4n) is 1.83. The Bertz CT molecular complexity index is 283. The highest BCUT2D eigenvalue weighted by Gasteiger charge is 2.21. The van der Waals surface area contributed by atoms with Crippen LogP contribution in [-0.2, 0) is 5.41 Å². The van der Waals surface area contributed by atoms with E-state index >= 15 is 0 Å². The van der Waals surface area contributed by atoms with Crippen molar-refractivity contribution in [3.8, 4) is 0 Å². The van der Waals surface area contributed by atoms with Crippen molar-refractivity contribution in [2.75, 3.05) is 0 Å². The van der Waals surface area contributed by atoms with Crippen molar-refractivity contribution in [2.45, 2.75) is 44.4 Å². The van der Waals surface area contributed by atoms with E-state index in [9.17, 15) is 0 Å². The molecule has 0 fully saturated rings. The van der Waals surface area contributed by atoms with Crippen LogP contribution in [0.5, 0.6) is 0 Å². The number of aryl methyl sites for hydroxylation is 1. The lowest BCUT2D eigenvalue weighted by Gasteiger charge is -2.26. The molecule has 78 valence electrons. The molecule has 0 bridgehead atoms. The maximum atomic E-state index is 3.62. The molecule has 1 heteroatoms. The Balaban J connectivity index is 2.86. The van der Waals surface area contributed by atoms with Crippen molar-refractivity contribution in [3.63, 3.8) is 0 Å². The first-order chi connectivity index (χ1) is 6.42. The minimum absolute atomic E-state index is 0.261. The highest BCUT2D eigenvalue weighted by atomic mass is 79.9. The Morgan fingerprint density at radius 2 is 1.71 bits per heavy atom. The lowest BCUT2D eigenvalue weighted by molar-refractivity contribution is 0.482. The summed E-state index contributed by atoms with van der Waals surface area (Å²) in [6.45, 7) is 8.94. The van der Waals surface area contributed by atoms with Gasteiger partial charge in [0.1, 0.15) is 0 Å². The van der Waals surface area contributed by atoms with Gasteiger partial charge in [-0.15, -0.1) is 0 Å². The van der Waals surface area contributed by atoms with Crippen LogP contribution in [0.4, 0.5) is 0 Å². The number of halogens is 1. The zero-order valence-corrected chi connectivity index (χ0v) is 11.1. The summed E-state index contributed by atoms with van der Waals surface area (Å²) in [5, 5.41) is 0. The molecule has 0 saturated carbocycles. The Labute approximate surface area is 95.9 Å². The van der Waals surface area contributed by atoms with Gasteiger partial charge in [-0.1, -0.05) is 66.5 Å². The molecule has 1 atom stereocenters. The molecule has 14 heavy (non-hydrogen) atoms. The van der Waals surface area contributed by atoms with Crippen LogP contribution in [-0.4, -0.2) is 4.83 Å². The van der Waals surface area contributed by atoms with Gasteiger partial charge in [0.05, 0.1) is 0 Å². The van der Waals surface area contributed by atoms with E-state index in [1.807, 2.05) is 0 Å². The van der Waals surface area contributed by atoms with Gasteiger partial charge in [0.25, 0.3) is 0 Å². The number of benzene rings is 1. The Morgan fingerprint density at radius 3 is 2.14 bits per heavy atom. The summed E-state index contributed by atoms with van der Waals surface area (Å²) in [5.41, 5.74) is 3.02. The predicted octanol–water partition coefficient (Wildman–Crippen LogP) is 4.45. The summed E-state index contributed by atoms with van der Waals surface area (Å²) in [6.07, 6.45) is 1.16. The van der Waals surface area contributed by atoms with E-state index in [2.05, 4.69) is 67.9 Å². The van der Waals surface area contributed by atoms with E-state index < -0.39 is 0 Å². The molecule has 1 unspecified atom stereocenters. The number of hydrogen-bond acceptors (Lipinski definition) is 0. The van der Waals surface area contributed by atoms with Gasteiger partial charge in [-0.2, -0.15) is 0 Å². The Hall–Kier alpha value is -0.300.